The first-order valence-electron chi connectivity index (χ1n) is 13.2. The molecule has 0 spiro atoms. The Balaban J connectivity index is 2.26. The number of carbonyl (C=O) groups excluding carboxylic acids is 2. The van der Waals surface area contributed by atoms with E-state index in [1.165, 1.54) is 10.6 Å². The van der Waals surface area contributed by atoms with Crippen LogP contribution < -0.4 is 14.4 Å². The summed E-state index contributed by atoms with van der Waals surface area (Å²) in [6.07, 6.45) is 2.86. The Bertz CT molecular complexity index is 1180. The predicted octanol–water partition coefficient (Wildman–Crippen LogP) is 4.58. The number of methoxy groups -OCH3 is 1. The van der Waals surface area contributed by atoms with Gasteiger partial charge in [-0.15, -0.1) is 0 Å². The molecule has 0 saturated carbocycles. The van der Waals surface area contributed by atoms with Crippen molar-refractivity contribution in [2.24, 2.45) is 0 Å². The first-order valence-corrected chi connectivity index (χ1v) is 15.0. The van der Waals surface area contributed by atoms with Crippen molar-refractivity contribution in [2.75, 3.05) is 24.2 Å². The third-order valence-corrected chi connectivity index (χ3v) is 7.86. The second-order valence-electron chi connectivity index (χ2n) is 9.84. The van der Waals surface area contributed by atoms with Gasteiger partial charge in [-0.3, -0.25) is 13.9 Å². The van der Waals surface area contributed by atoms with E-state index in [0.29, 0.717) is 24.3 Å². The van der Waals surface area contributed by atoms with Gasteiger partial charge in [0.15, 0.2) is 0 Å². The van der Waals surface area contributed by atoms with Crippen molar-refractivity contribution in [3.63, 3.8) is 0 Å². The minimum Gasteiger partial charge on any atom is -0.497 e. The monoisotopic (exact) mass is 545 g/mol. The number of aryl methyl sites for hydroxylation is 2. The van der Waals surface area contributed by atoms with E-state index in [4.69, 9.17) is 4.74 Å². The molecule has 38 heavy (non-hydrogen) atoms. The molecule has 0 heterocycles. The summed E-state index contributed by atoms with van der Waals surface area (Å²) in [6.45, 7) is 10.0. The van der Waals surface area contributed by atoms with E-state index in [-0.39, 0.29) is 37.4 Å². The molecule has 0 aliphatic rings. The summed E-state index contributed by atoms with van der Waals surface area (Å²) in [5, 5.41) is 3.01. The molecule has 2 aromatic carbocycles. The third-order valence-electron chi connectivity index (χ3n) is 6.68. The van der Waals surface area contributed by atoms with Gasteiger partial charge in [-0.25, -0.2) is 8.42 Å². The fourth-order valence-electron chi connectivity index (χ4n) is 4.26. The first kappa shape index (κ1) is 31.1. The van der Waals surface area contributed by atoms with Gasteiger partial charge < -0.3 is 15.0 Å². The van der Waals surface area contributed by atoms with Crippen molar-refractivity contribution in [1.29, 1.82) is 0 Å². The molecule has 210 valence electrons. The summed E-state index contributed by atoms with van der Waals surface area (Å²) in [6, 6.07) is 12.5. The number of nitrogens with zero attached hydrogens (tertiary/aromatic N) is 2. The molecule has 0 aliphatic carbocycles. The second-order valence-corrected chi connectivity index (χ2v) is 11.7. The number of rotatable bonds is 14. The lowest BCUT2D eigenvalue weighted by molar-refractivity contribution is -0.141. The largest absolute Gasteiger partial charge is 0.497 e. The summed E-state index contributed by atoms with van der Waals surface area (Å²) in [5.74, 6) is 0.332. The molecule has 2 amide bonds. The lowest BCUT2D eigenvalue weighted by atomic mass is 10.1. The zero-order valence-electron chi connectivity index (χ0n) is 23.8. The Morgan fingerprint density at radius 1 is 1.03 bits per heavy atom. The highest BCUT2D eigenvalue weighted by atomic mass is 32.2. The van der Waals surface area contributed by atoms with Crippen LogP contribution in [0, 0.1) is 13.8 Å². The summed E-state index contributed by atoms with van der Waals surface area (Å²) < 4.78 is 31.9. The van der Waals surface area contributed by atoms with E-state index in [0.717, 1.165) is 23.1 Å². The Hall–Kier alpha value is -3.07. The van der Waals surface area contributed by atoms with E-state index in [1.807, 2.05) is 77.1 Å². The summed E-state index contributed by atoms with van der Waals surface area (Å²) in [4.78, 5) is 28.3. The molecule has 0 aromatic heterocycles. The fraction of sp³-hybridized carbons (Fsp3) is 0.517. The molecule has 0 unspecified atom stereocenters. The summed E-state index contributed by atoms with van der Waals surface area (Å²) in [7, 11) is -1.96. The van der Waals surface area contributed by atoms with Gasteiger partial charge in [-0.1, -0.05) is 38.1 Å². The number of sulfonamides is 1. The Kier molecular flexibility index (Phi) is 11.6. The van der Waals surface area contributed by atoms with Crippen LogP contribution in [0.15, 0.2) is 42.5 Å². The number of benzene rings is 2. The van der Waals surface area contributed by atoms with E-state index in [9.17, 15) is 18.0 Å². The molecule has 0 bridgehead atoms. The van der Waals surface area contributed by atoms with Crippen LogP contribution in [0.3, 0.4) is 0 Å². The minimum atomic E-state index is -3.55. The van der Waals surface area contributed by atoms with Crippen LogP contribution in [0.5, 0.6) is 5.75 Å². The average molecular weight is 546 g/mol. The zero-order valence-corrected chi connectivity index (χ0v) is 24.6. The third kappa shape index (κ3) is 8.75. The number of carbonyl (C=O) groups is 2. The highest BCUT2D eigenvalue weighted by Crippen LogP contribution is 2.25. The van der Waals surface area contributed by atoms with Crippen molar-refractivity contribution >= 4 is 27.5 Å². The van der Waals surface area contributed by atoms with E-state index < -0.39 is 16.1 Å². The maximum atomic E-state index is 13.6. The maximum absolute atomic E-state index is 13.6. The van der Waals surface area contributed by atoms with Gasteiger partial charge in [0, 0.05) is 25.6 Å². The van der Waals surface area contributed by atoms with Crippen LogP contribution in [-0.4, -0.2) is 57.1 Å². The number of nitrogens with one attached hydrogen (secondary N) is 1. The van der Waals surface area contributed by atoms with Crippen LogP contribution in [-0.2, 0) is 26.2 Å². The normalized spacial score (nSPS) is 12.9. The van der Waals surface area contributed by atoms with Crippen LogP contribution in [0.2, 0.25) is 0 Å². The van der Waals surface area contributed by atoms with Crippen molar-refractivity contribution in [3.8, 4) is 5.75 Å². The van der Waals surface area contributed by atoms with E-state index >= 15 is 0 Å². The molecule has 0 radical (unpaired) electrons. The summed E-state index contributed by atoms with van der Waals surface area (Å²) >= 11 is 0. The van der Waals surface area contributed by atoms with Crippen LogP contribution >= 0.6 is 0 Å². The fourth-order valence-corrected chi connectivity index (χ4v) is 5.27. The summed E-state index contributed by atoms with van der Waals surface area (Å²) in [5.41, 5.74) is 3.30. The number of amides is 2. The predicted molar refractivity (Wildman–Crippen MR) is 153 cm³/mol. The van der Waals surface area contributed by atoms with Crippen molar-refractivity contribution in [3.05, 3.63) is 59.2 Å². The smallest absolute Gasteiger partial charge is 0.243 e. The van der Waals surface area contributed by atoms with Gasteiger partial charge in [0.05, 0.1) is 19.1 Å². The average Bonchev–Trinajstić information content (AvgIpc) is 2.87. The standard InChI is InChI=1S/C29H43N3O5S/c1-8-23(5)30-29(34)26(9-2)31(20-24-14-16-25(37-6)17-15-24)28(33)11-10-18-32(38(7,35)36)27-19-21(3)12-13-22(27)4/h12-17,19,23,26H,8-11,18,20H2,1-7H3,(H,30,34)/t23-,26+/m0/s1. The molecule has 2 atom stereocenters. The van der Waals surface area contributed by atoms with Gasteiger partial charge in [-0.2, -0.15) is 0 Å². The molecule has 0 aliphatic heterocycles. The number of hydrogen-bond acceptors (Lipinski definition) is 5. The van der Waals surface area contributed by atoms with Crippen molar-refractivity contribution in [2.45, 2.75) is 78.9 Å². The van der Waals surface area contributed by atoms with Crippen LogP contribution in [0.4, 0.5) is 5.69 Å². The van der Waals surface area contributed by atoms with Gasteiger partial charge in [0.1, 0.15) is 11.8 Å². The molecular weight excluding hydrogens is 502 g/mol. The van der Waals surface area contributed by atoms with Crippen LogP contribution in [0.1, 0.15) is 63.1 Å². The zero-order chi connectivity index (χ0) is 28.5. The van der Waals surface area contributed by atoms with Crippen molar-refractivity contribution < 1.29 is 22.7 Å². The van der Waals surface area contributed by atoms with E-state index in [2.05, 4.69) is 5.32 Å². The number of anilines is 1. The highest BCUT2D eigenvalue weighted by molar-refractivity contribution is 7.92. The number of hydrogen-bond donors (Lipinski definition) is 1. The molecule has 9 heteroatoms. The Labute approximate surface area is 228 Å². The molecule has 0 fully saturated rings. The number of ether oxygens (including phenoxy) is 1. The van der Waals surface area contributed by atoms with Gasteiger partial charge in [0.25, 0.3) is 0 Å². The molecule has 8 nitrogen and oxygen atoms in total. The topological polar surface area (TPSA) is 96.0 Å². The van der Waals surface area contributed by atoms with E-state index in [1.54, 1.807) is 12.0 Å². The lowest BCUT2D eigenvalue weighted by Crippen LogP contribution is -2.50. The molecule has 1 N–H and O–H groups in total. The lowest BCUT2D eigenvalue weighted by Gasteiger charge is -2.32. The Morgan fingerprint density at radius 3 is 2.24 bits per heavy atom. The molecular formula is C29H43N3O5S. The van der Waals surface area contributed by atoms with Gasteiger partial charge in [-0.05, 0) is 74.9 Å². The maximum Gasteiger partial charge on any atom is 0.243 e. The first-order chi connectivity index (χ1) is 17.9. The molecule has 2 aromatic rings. The van der Waals surface area contributed by atoms with Gasteiger partial charge >= 0.3 is 0 Å². The second kappa shape index (κ2) is 14.2. The van der Waals surface area contributed by atoms with Crippen LogP contribution in [0.25, 0.3) is 0 Å². The molecule has 0 saturated heterocycles. The quantitative estimate of drug-likeness (QED) is 0.375. The van der Waals surface area contributed by atoms with Gasteiger partial charge in [0.2, 0.25) is 21.8 Å². The highest BCUT2D eigenvalue weighted by Gasteiger charge is 2.29. The SMILES string of the molecule is CC[C@H](C(=O)N[C@@H](C)CC)N(Cc1ccc(OC)cc1)C(=O)CCCN(c1cc(C)ccc1C)S(C)(=O)=O. The molecule has 2 rings (SSSR count). The Morgan fingerprint density at radius 2 is 1.68 bits per heavy atom. The minimum absolute atomic E-state index is 0.00428. The van der Waals surface area contributed by atoms with Crippen molar-refractivity contribution in [1.82, 2.24) is 10.2 Å².